The minimum atomic E-state index is -4.46. The number of carbonyl (C=O) groups excluding carboxylic acids is 1. The Hall–Kier alpha value is -3.55. The van der Waals surface area contributed by atoms with Gasteiger partial charge in [0.15, 0.2) is 0 Å². The van der Waals surface area contributed by atoms with Gasteiger partial charge in [-0.1, -0.05) is 52.2 Å². The van der Waals surface area contributed by atoms with Crippen molar-refractivity contribution in [3.8, 4) is 11.3 Å². The Labute approximate surface area is 292 Å². The van der Waals surface area contributed by atoms with E-state index in [1.807, 2.05) is 19.9 Å². The number of hydrogen-bond donors (Lipinski definition) is 1. The molecule has 272 valence electrons. The summed E-state index contributed by atoms with van der Waals surface area (Å²) >= 11 is 0. The van der Waals surface area contributed by atoms with Crippen molar-refractivity contribution in [1.82, 2.24) is 19.5 Å². The van der Waals surface area contributed by atoms with Crippen LogP contribution >= 0.6 is 0 Å². The second-order valence-electron chi connectivity index (χ2n) is 12.9. The topological polar surface area (TPSA) is 85.8 Å². The molecule has 6 rings (SSSR count). The number of nitrogens with one attached hydrogen (secondary N) is 1. The van der Waals surface area contributed by atoms with E-state index in [9.17, 15) is 30.8 Å². The fourth-order valence-electron chi connectivity index (χ4n) is 7.07. The van der Waals surface area contributed by atoms with E-state index in [4.69, 9.17) is 4.98 Å². The van der Waals surface area contributed by atoms with E-state index in [2.05, 4.69) is 15.1 Å². The molecule has 1 saturated heterocycles. The fourth-order valence-corrected chi connectivity index (χ4v) is 8.87. The van der Waals surface area contributed by atoms with Crippen LogP contribution in [0.3, 0.4) is 0 Å². The Bertz CT molecular complexity index is 1700. The van der Waals surface area contributed by atoms with Crippen molar-refractivity contribution in [2.45, 2.75) is 94.9 Å². The number of likely N-dealkylation sites (N-methyl/N-ethyl adjacent to an activating group) is 1. The van der Waals surface area contributed by atoms with Crippen molar-refractivity contribution in [2.75, 3.05) is 37.6 Å². The number of hydrogen-bond acceptors (Lipinski definition) is 6. The highest BCUT2D eigenvalue weighted by atomic mass is 32.2. The van der Waals surface area contributed by atoms with Crippen molar-refractivity contribution in [2.24, 2.45) is 0 Å². The van der Waals surface area contributed by atoms with Gasteiger partial charge in [0.25, 0.3) is 0 Å². The Kier molecular flexibility index (Phi) is 11.9. The molecule has 8 nitrogen and oxygen atoms in total. The molecular formula is C37H47F4N5O3S. The summed E-state index contributed by atoms with van der Waals surface area (Å²) in [7, 11) is -4.08. The average Bonchev–Trinajstić information content (AvgIpc) is 3.93. The minimum Gasteiger partial charge on any atom is -0.354 e. The maximum Gasteiger partial charge on any atom is 0.416 e. The lowest BCUT2D eigenvalue weighted by molar-refractivity contribution is -0.137. The van der Waals surface area contributed by atoms with Crippen LogP contribution in [0.2, 0.25) is 0 Å². The number of anilines is 1. The molecule has 13 heteroatoms. The van der Waals surface area contributed by atoms with Crippen LogP contribution in [0.25, 0.3) is 11.3 Å². The average molecular weight is 718 g/mol. The molecule has 3 aromatic rings. The third kappa shape index (κ3) is 8.32. The third-order valence-electron chi connectivity index (χ3n) is 9.87. The maximum absolute atomic E-state index is 13.7. The summed E-state index contributed by atoms with van der Waals surface area (Å²) in [6, 6.07) is 13.6. The monoisotopic (exact) mass is 717 g/mol. The first-order chi connectivity index (χ1) is 23.9. The summed E-state index contributed by atoms with van der Waals surface area (Å²) in [5.41, 5.74) is -0.323. The van der Waals surface area contributed by atoms with Crippen LogP contribution in [0, 0.1) is 5.82 Å². The lowest BCUT2D eigenvalue weighted by atomic mass is 9.94. The van der Waals surface area contributed by atoms with Gasteiger partial charge in [0.05, 0.1) is 16.2 Å². The summed E-state index contributed by atoms with van der Waals surface area (Å²) in [6.07, 6.45) is 2.46. The number of nitrogens with zero attached hydrogens (tertiary/aromatic N) is 4. The number of amides is 1. The van der Waals surface area contributed by atoms with Crippen LogP contribution in [0.15, 0.2) is 65.6 Å². The molecule has 3 fully saturated rings. The van der Waals surface area contributed by atoms with Gasteiger partial charge in [0, 0.05) is 50.9 Å². The van der Waals surface area contributed by atoms with Crippen molar-refractivity contribution >= 4 is 21.7 Å². The van der Waals surface area contributed by atoms with Gasteiger partial charge in [0.1, 0.15) is 17.2 Å². The van der Waals surface area contributed by atoms with E-state index in [1.165, 1.54) is 60.7 Å². The van der Waals surface area contributed by atoms with Crippen LogP contribution in [0.1, 0.15) is 76.8 Å². The summed E-state index contributed by atoms with van der Waals surface area (Å²) in [6.45, 7) is 9.07. The first-order valence-corrected chi connectivity index (χ1v) is 19.1. The van der Waals surface area contributed by atoms with Gasteiger partial charge in [-0.15, -0.1) is 0 Å². The molecule has 3 aliphatic rings. The number of piperazine rings is 1. The molecular weight excluding hydrogens is 670 g/mol. The van der Waals surface area contributed by atoms with E-state index in [0.29, 0.717) is 41.5 Å². The first-order valence-electron chi connectivity index (χ1n) is 17.6. The Morgan fingerprint density at radius 1 is 0.940 bits per heavy atom. The molecule has 0 atom stereocenters. The zero-order chi connectivity index (χ0) is 36.1. The summed E-state index contributed by atoms with van der Waals surface area (Å²) in [5.74, 6) is -0.324. The van der Waals surface area contributed by atoms with E-state index in [-0.39, 0.29) is 18.0 Å². The van der Waals surface area contributed by atoms with Crippen LogP contribution < -0.4 is 10.2 Å². The second-order valence-corrected chi connectivity index (χ2v) is 14.8. The highest BCUT2D eigenvalue weighted by molar-refractivity contribution is 7.89. The summed E-state index contributed by atoms with van der Waals surface area (Å²) < 4.78 is 81.6. The summed E-state index contributed by atoms with van der Waals surface area (Å²) in [5, 5.41) is 2.93. The lowest BCUT2D eigenvalue weighted by Gasteiger charge is -2.41. The molecule has 2 aliphatic carbocycles. The smallest absolute Gasteiger partial charge is 0.354 e. The van der Waals surface area contributed by atoms with Gasteiger partial charge in [-0.25, -0.2) is 17.8 Å². The van der Waals surface area contributed by atoms with E-state index >= 15 is 0 Å². The SMILES string of the molecule is CC.CCN(C1(C(=O)NCc2cc(-c3ccc(C(F)(F)F)cc3)nc(N3CCN(C4CCCCC4)CC3)c2)CC1)S(=O)(=O)c1ccc(F)cc1. The van der Waals surface area contributed by atoms with Gasteiger partial charge in [-0.05, 0) is 79.8 Å². The molecule has 0 radical (unpaired) electrons. The van der Waals surface area contributed by atoms with Gasteiger partial charge in [-0.3, -0.25) is 9.69 Å². The summed E-state index contributed by atoms with van der Waals surface area (Å²) in [4.78, 5) is 23.2. The van der Waals surface area contributed by atoms with E-state index in [0.717, 1.165) is 50.4 Å². The molecule has 1 aromatic heterocycles. The molecule has 1 aliphatic heterocycles. The molecule has 2 saturated carbocycles. The predicted octanol–water partition coefficient (Wildman–Crippen LogP) is 7.25. The lowest BCUT2D eigenvalue weighted by Crippen LogP contribution is -2.51. The molecule has 0 bridgehead atoms. The minimum absolute atomic E-state index is 0.0530. The number of pyridine rings is 1. The number of carbonyl (C=O) groups is 1. The van der Waals surface area contributed by atoms with Crippen LogP contribution in [-0.4, -0.2) is 72.8 Å². The van der Waals surface area contributed by atoms with Crippen LogP contribution in [0.5, 0.6) is 0 Å². The largest absolute Gasteiger partial charge is 0.416 e. The highest BCUT2D eigenvalue weighted by Gasteiger charge is 2.58. The number of rotatable bonds is 10. The highest BCUT2D eigenvalue weighted by Crippen LogP contribution is 2.45. The molecule has 1 N–H and O–H groups in total. The molecule has 1 amide bonds. The van der Waals surface area contributed by atoms with Gasteiger partial charge in [0.2, 0.25) is 15.9 Å². The molecule has 0 unspecified atom stereocenters. The zero-order valence-electron chi connectivity index (χ0n) is 29.0. The van der Waals surface area contributed by atoms with Crippen LogP contribution in [-0.2, 0) is 27.5 Å². The standard InChI is InChI=1S/C35H41F4N5O3S.C2H6/c1-2-44(48(46,47)30-14-12-28(36)13-15-30)34(16-17-34)33(45)40-24-25-22-31(26-8-10-27(11-9-26)35(37,38)39)41-32(23-25)43-20-18-42(19-21-43)29-6-4-3-5-7-29;1-2/h8-15,22-23,29H,2-7,16-21,24H2,1H3,(H,40,45);1-2H3. The van der Waals surface area contributed by atoms with Crippen molar-refractivity contribution in [3.63, 3.8) is 0 Å². The number of sulfonamides is 1. The number of halogens is 4. The number of benzene rings is 2. The van der Waals surface area contributed by atoms with Gasteiger partial charge < -0.3 is 10.2 Å². The van der Waals surface area contributed by atoms with Crippen molar-refractivity contribution < 1.29 is 30.8 Å². The normalized spacial score (nSPS) is 18.4. The third-order valence-corrected chi connectivity index (χ3v) is 11.9. The van der Waals surface area contributed by atoms with Crippen molar-refractivity contribution in [1.29, 1.82) is 0 Å². The molecule has 2 heterocycles. The van der Waals surface area contributed by atoms with Gasteiger partial charge in [-0.2, -0.15) is 17.5 Å². The van der Waals surface area contributed by atoms with Crippen LogP contribution in [0.4, 0.5) is 23.4 Å². The molecule has 0 spiro atoms. The molecule has 50 heavy (non-hydrogen) atoms. The Morgan fingerprint density at radius 2 is 1.56 bits per heavy atom. The Balaban J connectivity index is 0.00000239. The number of aromatic nitrogens is 1. The van der Waals surface area contributed by atoms with E-state index in [1.54, 1.807) is 13.0 Å². The first kappa shape index (κ1) is 37.7. The zero-order valence-corrected chi connectivity index (χ0v) is 29.8. The maximum atomic E-state index is 13.7. The number of alkyl halides is 3. The van der Waals surface area contributed by atoms with E-state index < -0.39 is 39.0 Å². The van der Waals surface area contributed by atoms with Crippen molar-refractivity contribution in [3.05, 3.63) is 77.6 Å². The second kappa shape index (κ2) is 15.8. The Morgan fingerprint density at radius 3 is 2.12 bits per heavy atom. The quantitative estimate of drug-likeness (QED) is 0.223. The predicted molar refractivity (Wildman–Crippen MR) is 186 cm³/mol. The fraction of sp³-hybridized carbons (Fsp3) is 0.514. The molecule has 2 aromatic carbocycles. The van der Waals surface area contributed by atoms with Gasteiger partial charge >= 0.3 is 6.18 Å².